The van der Waals surface area contributed by atoms with Crippen molar-refractivity contribution < 1.29 is 4.39 Å². The van der Waals surface area contributed by atoms with Gasteiger partial charge in [0.05, 0.1) is 6.20 Å². The van der Waals surface area contributed by atoms with E-state index in [1.165, 1.54) is 6.20 Å². The van der Waals surface area contributed by atoms with Crippen LogP contribution < -0.4 is 0 Å². The lowest BCUT2D eigenvalue weighted by atomic mass is 10.1. The van der Waals surface area contributed by atoms with Gasteiger partial charge in [0.15, 0.2) is 0 Å². The highest BCUT2D eigenvalue weighted by Gasteiger charge is 2.21. The maximum absolute atomic E-state index is 13.4. The van der Waals surface area contributed by atoms with Crippen LogP contribution >= 0.6 is 0 Å². The van der Waals surface area contributed by atoms with Gasteiger partial charge in [0, 0.05) is 44.0 Å². The predicted octanol–water partition coefficient (Wildman–Crippen LogP) is 1.36. The minimum Gasteiger partial charge on any atom is -0.304 e. The van der Waals surface area contributed by atoms with E-state index in [1.54, 1.807) is 12.3 Å². The summed E-state index contributed by atoms with van der Waals surface area (Å²) in [5.74, 6) is -0.200. The molecule has 2 heterocycles. The fourth-order valence-electron chi connectivity index (χ4n) is 2.16. The fourth-order valence-corrected chi connectivity index (χ4v) is 2.16. The van der Waals surface area contributed by atoms with Gasteiger partial charge in [0.2, 0.25) is 0 Å². The maximum Gasteiger partial charge on any atom is 0.145 e. The van der Waals surface area contributed by atoms with Crippen molar-refractivity contribution in [1.29, 1.82) is 0 Å². The van der Waals surface area contributed by atoms with Gasteiger partial charge in [-0.1, -0.05) is 0 Å². The van der Waals surface area contributed by atoms with E-state index in [1.807, 2.05) is 0 Å². The molecular weight excluding hydrogens is 205 g/mol. The van der Waals surface area contributed by atoms with Crippen molar-refractivity contribution >= 4 is 0 Å². The zero-order valence-electron chi connectivity index (χ0n) is 9.86. The quantitative estimate of drug-likeness (QED) is 0.754. The summed E-state index contributed by atoms with van der Waals surface area (Å²) in [6, 6.07) is 2.24. The summed E-state index contributed by atoms with van der Waals surface area (Å²) < 4.78 is 13.4. The lowest BCUT2D eigenvalue weighted by molar-refractivity contribution is 0.0928. The summed E-state index contributed by atoms with van der Waals surface area (Å²) in [6.45, 7) is 5.97. The van der Waals surface area contributed by atoms with Crippen LogP contribution in [-0.4, -0.2) is 47.5 Å². The number of hydrogen-bond acceptors (Lipinski definition) is 3. The molecule has 4 heteroatoms. The molecule has 0 spiro atoms. The van der Waals surface area contributed by atoms with Crippen LogP contribution in [0.2, 0.25) is 0 Å². The van der Waals surface area contributed by atoms with E-state index >= 15 is 0 Å². The highest BCUT2D eigenvalue weighted by atomic mass is 19.1. The first kappa shape index (κ1) is 11.5. The molecule has 1 aliphatic heterocycles. The number of halogens is 1. The van der Waals surface area contributed by atoms with Crippen LogP contribution in [0, 0.1) is 5.82 Å². The second-order valence-electron chi connectivity index (χ2n) is 4.55. The zero-order valence-corrected chi connectivity index (χ0v) is 9.86. The lowest BCUT2D eigenvalue weighted by Gasteiger charge is -2.38. The van der Waals surface area contributed by atoms with Crippen molar-refractivity contribution in [1.82, 2.24) is 14.8 Å². The largest absolute Gasteiger partial charge is 0.304 e. The summed E-state index contributed by atoms with van der Waals surface area (Å²) in [5, 5.41) is 0. The van der Waals surface area contributed by atoms with Gasteiger partial charge < -0.3 is 4.90 Å². The van der Waals surface area contributed by atoms with Gasteiger partial charge in [-0.05, 0) is 20.0 Å². The summed E-state index contributed by atoms with van der Waals surface area (Å²) in [4.78, 5) is 8.39. The van der Waals surface area contributed by atoms with Crippen LogP contribution in [0.15, 0.2) is 18.5 Å². The van der Waals surface area contributed by atoms with Crippen LogP contribution in [0.4, 0.5) is 4.39 Å². The first-order valence-electron chi connectivity index (χ1n) is 5.68. The molecule has 0 bridgehead atoms. The second kappa shape index (κ2) is 4.89. The average molecular weight is 223 g/mol. The Morgan fingerprint density at radius 3 is 3.00 bits per heavy atom. The van der Waals surface area contributed by atoms with Gasteiger partial charge in [0.1, 0.15) is 5.82 Å². The predicted molar refractivity (Wildman–Crippen MR) is 61.6 cm³/mol. The van der Waals surface area contributed by atoms with Crippen molar-refractivity contribution in [2.24, 2.45) is 0 Å². The normalized spacial score (nSPS) is 23.6. The van der Waals surface area contributed by atoms with E-state index in [4.69, 9.17) is 0 Å². The second-order valence-corrected chi connectivity index (χ2v) is 4.55. The molecule has 0 saturated carbocycles. The summed E-state index contributed by atoms with van der Waals surface area (Å²) >= 11 is 0. The standard InChI is InChI=1S/C12H18FN3/c1-10-8-15(2)5-6-16(10)9-11-3-4-14-7-12(11)13/h3-4,7,10H,5-6,8-9H2,1-2H3/t10-/m1/s1. The molecule has 0 N–H and O–H groups in total. The van der Waals surface area contributed by atoms with Crippen LogP contribution in [-0.2, 0) is 6.54 Å². The molecule has 0 unspecified atom stereocenters. The number of rotatable bonds is 2. The third kappa shape index (κ3) is 2.57. The monoisotopic (exact) mass is 223 g/mol. The van der Waals surface area contributed by atoms with E-state index in [2.05, 4.69) is 28.8 Å². The van der Waals surface area contributed by atoms with Gasteiger partial charge in [-0.25, -0.2) is 4.39 Å². The molecule has 1 atom stereocenters. The van der Waals surface area contributed by atoms with E-state index in [9.17, 15) is 4.39 Å². The van der Waals surface area contributed by atoms with Gasteiger partial charge in [-0.3, -0.25) is 9.88 Å². The highest BCUT2D eigenvalue weighted by molar-refractivity contribution is 5.12. The van der Waals surface area contributed by atoms with E-state index < -0.39 is 0 Å². The molecule has 0 amide bonds. The summed E-state index contributed by atoms with van der Waals surface area (Å²) in [7, 11) is 2.13. The topological polar surface area (TPSA) is 19.4 Å². The van der Waals surface area contributed by atoms with Crippen molar-refractivity contribution in [3.8, 4) is 0 Å². The molecule has 1 aliphatic rings. The van der Waals surface area contributed by atoms with Crippen molar-refractivity contribution in [2.75, 3.05) is 26.7 Å². The molecule has 1 aromatic rings. The SMILES string of the molecule is C[C@@H]1CN(C)CCN1Cc1ccncc1F. The Kier molecular flexibility index (Phi) is 3.51. The van der Waals surface area contributed by atoms with Crippen molar-refractivity contribution in [3.05, 3.63) is 29.8 Å². The van der Waals surface area contributed by atoms with Gasteiger partial charge in [0.25, 0.3) is 0 Å². The Labute approximate surface area is 95.9 Å². The van der Waals surface area contributed by atoms with Crippen molar-refractivity contribution in [3.63, 3.8) is 0 Å². The molecule has 0 radical (unpaired) electrons. The Bertz CT molecular complexity index is 356. The Balaban J connectivity index is 2.02. The molecular formula is C12H18FN3. The first-order valence-corrected chi connectivity index (χ1v) is 5.68. The van der Waals surface area contributed by atoms with Gasteiger partial charge in [-0.15, -0.1) is 0 Å². The van der Waals surface area contributed by atoms with Crippen molar-refractivity contribution in [2.45, 2.75) is 19.5 Å². The maximum atomic E-state index is 13.4. The van der Waals surface area contributed by atoms with E-state index in [-0.39, 0.29) is 5.82 Å². The molecule has 2 rings (SSSR count). The Morgan fingerprint density at radius 2 is 2.31 bits per heavy atom. The van der Waals surface area contributed by atoms with Crippen LogP contribution in [0.3, 0.4) is 0 Å². The fraction of sp³-hybridized carbons (Fsp3) is 0.583. The van der Waals surface area contributed by atoms with Crippen LogP contribution in [0.1, 0.15) is 12.5 Å². The zero-order chi connectivity index (χ0) is 11.5. The number of likely N-dealkylation sites (N-methyl/N-ethyl adjacent to an activating group) is 1. The number of hydrogen-bond donors (Lipinski definition) is 0. The van der Waals surface area contributed by atoms with E-state index in [0.717, 1.165) is 25.2 Å². The number of nitrogens with zero attached hydrogens (tertiary/aromatic N) is 3. The summed E-state index contributed by atoms with van der Waals surface area (Å²) in [5.41, 5.74) is 0.742. The number of pyridine rings is 1. The molecule has 1 saturated heterocycles. The summed E-state index contributed by atoms with van der Waals surface area (Å²) in [6.07, 6.45) is 2.94. The number of aromatic nitrogens is 1. The molecule has 1 fully saturated rings. The van der Waals surface area contributed by atoms with Gasteiger partial charge in [-0.2, -0.15) is 0 Å². The minimum atomic E-state index is -0.200. The Morgan fingerprint density at radius 1 is 1.50 bits per heavy atom. The molecule has 3 nitrogen and oxygen atoms in total. The van der Waals surface area contributed by atoms with E-state index in [0.29, 0.717) is 12.6 Å². The molecule has 1 aromatic heterocycles. The molecule has 0 aliphatic carbocycles. The highest BCUT2D eigenvalue weighted by Crippen LogP contribution is 2.14. The Hall–Kier alpha value is -1.00. The molecule has 0 aromatic carbocycles. The van der Waals surface area contributed by atoms with Crippen LogP contribution in [0.5, 0.6) is 0 Å². The molecule has 16 heavy (non-hydrogen) atoms. The average Bonchev–Trinajstić information content (AvgIpc) is 2.25. The van der Waals surface area contributed by atoms with Gasteiger partial charge >= 0.3 is 0 Å². The lowest BCUT2D eigenvalue weighted by Crippen LogP contribution is -2.49. The third-order valence-corrected chi connectivity index (χ3v) is 3.20. The first-order chi connectivity index (χ1) is 7.66. The third-order valence-electron chi connectivity index (χ3n) is 3.20. The number of piperazine rings is 1. The smallest absolute Gasteiger partial charge is 0.145 e. The minimum absolute atomic E-state index is 0.200. The molecule has 88 valence electrons. The van der Waals surface area contributed by atoms with Crippen LogP contribution in [0.25, 0.3) is 0 Å².